The molecular weight excluding hydrogens is 469 g/mol. The predicted molar refractivity (Wildman–Crippen MR) is 120 cm³/mol. The van der Waals surface area contributed by atoms with Crippen LogP contribution in [0.4, 0.5) is 18.9 Å². The number of aryl methyl sites for hydroxylation is 1. The molecule has 34 heavy (non-hydrogen) atoms. The number of nitrogens with zero attached hydrogens (tertiary/aromatic N) is 1. The Hall–Kier alpha value is -3.40. The van der Waals surface area contributed by atoms with E-state index in [4.69, 9.17) is 0 Å². The van der Waals surface area contributed by atoms with Gasteiger partial charge in [0.25, 0.3) is 11.5 Å². The van der Waals surface area contributed by atoms with Crippen LogP contribution in [0.5, 0.6) is 0 Å². The minimum absolute atomic E-state index is 0.0468. The summed E-state index contributed by atoms with van der Waals surface area (Å²) in [5.74, 6) is -0.782. The summed E-state index contributed by atoms with van der Waals surface area (Å²) in [5.41, 5.74) is -0.853. The third-order valence-corrected chi connectivity index (χ3v) is 7.85. The second-order valence-electron chi connectivity index (χ2n) is 8.21. The monoisotopic (exact) mass is 490 g/mol. The van der Waals surface area contributed by atoms with Crippen LogP contribution in [-0.2, 0) is 22.6 Å². The Morgan fingerprint density at radius 2 is 1.74 bits per heavy atom. The summed E-state index contributed by atoms with van der Waals surface area (Å²) in [6.07, 6.45) is -3.38. The zero-order valence-electron chi connectivity index (χ0n) is 18.1. The van der Waals surface area contributed by atoms with Crippen LogP contribution < -0.4 is 10.5 Å². The number of H-pyrrole nitrogens is 1. The van der Waals surface area contributed by atoms with E-state index in [0.29, 0.717) is 24.1 Å². The number of alkyl halides is 3. The van der Waals surface area contributed by atoms with E-state index < -0.39 is 33.0 Å². The van der Waals surface area contributed by atoms with Crippen LogP contribution in [0, 0.1) is 6.92 Å². The molecule has 1 aliphatic carbocycles. The Balaban J connectivity index is 1.72. The topological polar surface area (TPSA) is 87.3 Å². The Kier molecular flexibility index (Phi) is 6.11. The molecule has 4 rings (SSSR count). The van der Waals surface area contributed by atoms with Gasteiger partial charge in [-0.3, -0.25) is 9.59 Å². The van der Waals surface area contributed by atoms with Crippen molar-refractivity contribution in [2.45, 2.75) is 42.6 Å². The first kappa shape index (κ1) is 23.7. The van der Waals surface area contributed by atoms with Crippen LogP contribution in [0.15, 0.2) is 70.4 Å². The number of hydrogen-bond donors (Lipinski definition) is 1. The molecule has 1 heterocycles. The van der Waals surface area contributed by atoms with Gasteiger partial charge >= 0.3 is 6.18 Å². The summed E-state index contributed by atoms with van der Waals surface area (Å²) in [4.78, 5) is 29.4. The maximum absolute atomic E-state index is 13.3. The number of aromatic amines is 1. The lowest BCUT2D eigenvalue weighted by Gasteiger charge is -2.24. The molecule has 0 aliphatic heterocycles. The average Bonchev–Trinajstić information content (AvgIpc) is 3.63. The molecule has 1 amide bonds. The molecular formula is C24H21F3N2O4S. The number of benzene rings is 2. The molecule has 1 aliphatic rings. The highest BCUT2D eigenvalue weighted by atomic mass is 32.2. The van der Waals surface area contributed by atoms with Gasteiger partial charge in [-0.2, -0.15) is 13.2 Å². The minimum atomic E-state index is -4.62. The number of aromatic nitrogens is 1. The second kappa shape index (κ2) is 8.75. The number of hydrogen-bond acceptors (Lipinski definition) is 4. The van der Waals surface area contributed by atoms with Crippen molar-refractivity contribution in [2.24, 2.45) is 0 Å². The lowest BCUT2D eigenvalue weighted by atomic mass is 10.1. The van der Waals surface area contributed by atoms with Crippen molar-refractivity contribution < 1.29 is 26.4 Å². The van der Waals surface area contributed by atoms with Crippen molar-refractivity contribution >= 4 is 21.4 Å². The van der Waals surface area contributed by atoms with Crippen LogP contribution >= 0.6 is 0 Å². The van der Waals surface area contributed by atoms with Crippen LogP contribution in [0.2, 0.25) is 0 Å². The molecule has 0 unspecified atom stereocenters. The van der Waals surface area contributed by atoms with Crippen molar-refractivity contribution in [3.05, 3.63) is 93.4 Å². The summed E-state index contributed by atoms with van der Waals surface area (Å²) >= 11 is 0. The maximum Gasteiger partial charge on any atom is 0.416 e. The summed E-state index contributed by atoms with van der Waals surface area (Å²) in [6, 6.07) is 13.0. The van der Waals surface area contributed by atoms with Gasteiger partial charge in [-0.25, -0.2) is 8.42 Å². The van der Waals surface area contributed by atoms with Gasteiger partial charge in [0.15, 0.2) is 9.84 Å². The van der Waals surface area contributed by atoms with Gasteiger partial charge in [0.05, 0.1) is 22.3 Å². The first-order chi connectivity index (χ1) is 16.0. The molecule has 0 radical (unpaired) electrons. The van der Waals surface area contributed by atoms with E-state index in [1.54, 1.807) is 6.92 Å². The minimum Gasteiger partial charge on any atom is -0.326 e. The number of amides is 1. The Morgan fingerprint density at radius 1 is 1.06 bits per heavy atom. The van der Waals surface area contributed by atoms with Gasteiger partial charge in [0.1, 0.15) is 5.56 Å². The number of rotatable bonds is 6. The zero-order valence-corrected chi connectivity index (χ0v) is 18.9. The summed E-state index contributed by atoms with van der Waals surface area (Å²) in [7, 11) is -3.41. The fraction of sp³-hybridized carbons (Fsp3) is 0.250. The van der Waals surface area contributed by atoms with Gasteiger partial charge in [-0.05, 0) is 67.8 Å². The summed E-state index contributed by atoms with van der Waals surface area (Å²) in [6.45, 7) is 1.47. The van der Waals surface area contributed by atoms with E-state index in [9.17, 15) is 31.2 Å². The van der Waals surface area contributed by atoms with Gasteiger partial charge < -0.3 is 9.88 Å². The molecule has 1 saturated carbocycles. The number of carbonyl (C=O) groups is 1. The lowest BCUT2D eigenvalue weighted by molar-refractivity contribution is -0.137. The van der Waals surface area contributed by atoms with Gasteiger partial charge in [0.2, 0.25) is 0 Å². The Bertz CT molecular complexity index is 1390. The normalized spacial score (nSPS) is 14.1. The fourth-order valence-electron chi connectivity index (χ4n) is 3.55. The van der Waals surface area contributed by atoms with Crippen LogP contribution in [0.25, 0.3) is 0 Å². The molecule has 178 valence electrons. The fourth-order valence-corrected chi connectivity index (χ4v) is 5.21. The van der Waals surface area contributed by atoms with Crippen LogP contribution in [0.3, 0.4) is 0 Å². The molecule has 6 nitrogen and oxygen atoms in total. The maximum atomic E-state index is 13.3. The van der Waals surface area contributed by atoms with Crippen LogP contribution in [0.1, 0.15) is 40.0 Å². The quantitative estimate of drug-likeness (QED) is 0.552. The predicted octanol–water partition coefficient (Wildman–Crippen LogP) is 4.49. The molecule has 1 fully saturated rings. The number of halogens is 3. The van der Waals surface area contributed by atoms with Crippen molar-refractivity contribution in [3.63, 3.8) is 0 Å². The van der Waals surface area contributed by atoms with Crippen molar-refractivity contribution in [3.8, 4) is 0 Å². The molecule has 10 heteroatoms. The molecule has 0 saturated heterocycles. The molecule has 0 atom stereocenters. The van der Waals surface area contributed by atoms with E-state index in [1.807, 2.05) is 0 Å². The highest BCUT2D eigenvalue weighted by Crippen LogP contribution is 2.34. The van der Waals surface area contributed by atoms with E-state index >= 15 is 0 Å². The first-order valence-electron chi connectivity index (χ1n) is 10.5. The molecule has 3 aromatic rings. The molecule has 1 aromatic heterocycles. The highest BCUT2D eigenvalue weighted by molar-refractivity contribution is 7.92. The van der Waals surface area contributed by atoms with Gasteiger partial charge in [0, 0.05) is 11.4 Å². The molecule has 1 N–H and O–H groups in total. The van der Waals surface area contributed by atoms with Crippen molar-refractivity contribution in [2.75, 3.05) is 4.90 Å². The van der Waals surface area contributed by atoms with E-state index in [2.05, 4.69) is 4.98 Å². The summed E-state index contributed by atoms with van der Waals surface area (Å²) in [5, 5.41) is -0.380. The van der Waals surface area contributed by atoms with Crippen molar-refractivity contribution in [1.29, 1.82) is 0 Å². The molecule has 2 aromatic carbocycles. The number of anilines is 1. The largest absolute Gasteiger partial charge is 0.416 e. The average molecular weight is 491 g/mol. The lowest BCUT2D eigenvalue weighted by Crippen LogP contribution is -2.34. The van der Waals surface area contributed by atoms with Gasteiger partial charge in [-0.15, -0.1) is 0 Å². The number of carbonyl (C=O) groups excluding carboxylic acids is 1. The second-order valence-corrected chi connectivity index (χ2v) is 10.4. The standard InChI is InChI=1S/C24H21F3N2O4S/c1-15-5-12-21(22(30)28-15)23(31)29(18-4-2-3-17(13-18)24(25,26)27)14-16-6-8-19(9-7-16)34(32,33)20-10-11-20/h2-9,12-13,20H,10-11,14H2,1H3,(H,28,30). The van der Waals surface area contributed by atoms with Crippen molar-refractivity contribution in [1.82, 2.24) is 4.98 Å². The van der Waals surface area contributed by atoms with E-state index in [1.165, 1.54) is 48.5 Å². The Morgan fingerprint density at radius 3 is 2.32 bits per heavy atom. The smallest absolute Gasteiger partial charge is 0.326 e. The first-order valence-corrected chi connectivity index (χ1v) is 12.0. The van der Waals surface area contributed by atoms with E-state index in [-0.39, 0.29) is 27.9 Å². The number of nitrogens with one attached hydrogen (secondary N) is 1. The Labute approximate surface area is 194 Å². The summed E-state index contributed by atoms with van der Waals surface area (Å²) < 4.78 is 64.8. The SMILES string of the molecule is Cc1ccc(C(=O)N(Cc2ccc(S(=O)(=O)C3CC3)cc2)c2cccc(C(F)(F)F)c2)c(=O)[nH]1. The highest BCUT2D eigenvalue weighted by Gasteiger charge is 2.37. The zero-order chi connectivity index (χ0) is 24.7. The third kappa shape index (κ3) is 4.91. The molecule has 0 bridgehead atoms. The number of sulfone groups is 1. The molecule has 0 spiro atoms. The van der Waals surface area contributed by atoms with Crippen LogP contribution in [-0.4, -0.2) is 24.6 Å². The van der Waals surface area contributed by atoms with Gasteiger partial charge in [-0.1, -0.05) is 18.2 Å². The third-order valence-electron chi connectivity index (χ3n) is 5.57. The van der Waals surface area contributed by atoms with E-state index in [0.717, 1.165) is 17.0 Å². The number of pyridine rings is 1.